The molecule has 4 nitrogen and oxygen atoms in total. The Morgan fingerprint density at radius 3 is 2.00 bits per heavy atom. The number of carboxylic acid groups (broad SMARTS) is 1. The quantitative estimate of drug-likeness (QED) is 0.488. The number of carbonyl (C=O) groups excluding carboxylic acids is 1. The Morgan fingerprint density at radius 1 is 1.57 bits per heavy atom. The van der Waals surface area contributed by atoms with Gasteiger partial charge in [-0.05, 0) is 0 Å². The van der Waals surface area contributed by atoms with E-state index in [1.54, 1.807) is 0 Å². The predicted octanol–water partition coefficient (Wildman–Crippen LogP) is 0.476. The molecule has 0 saturated carbocycles. The first-order valence-electron chi connectivity index (χ1n) is 1.33. The molecular formula is C2H3NO3S. The van der Waals surface area contributed by atoms with Crippen LogP contribution in [0.5, 0.6) is 0 Å². The summed E-state index contributed by atoms with van der Waals surface area (Å²) in [5.41, 5.74) is 4.44. The number of hydrogen-bond acceptors (Lipinski definition) is 3. The predicted molar refractivity (Wildman–Crippen MR) is 25.2 cm³/mol. The van der Waals surface area contributed by atoms with Gasteiger partial charge in [0.15, 0.2) is 0 Å². The van der Waals surface area contributed by atoms with Crippen LogP contribution in [0.1, 0.15) is 0 Å². The molecule has 0 aromatic carbocycles. The van der Waals surface area contributed by atoms with Gasteiger partial charge in [0.1, 0.15) is 0 Å². The SMILES string of the molecule is NC(=O)SC(=O)O. The average Bonchev–Trinajstić information content (AvgIpc) is 1.27. The first-order valence-corrected chi connectivity index (χ1v) is 2.15. The standard InChI is InChI=1S/C2H3NO3S/c3-1(4)7-2(5)6/h(H2,3,4)(H,5,6). The second kappa shape index (κ2) is 2.46. The van der Waals surface area contributed by atoms with Gasteiger partial charge < -0.3 is 10.8 Å². The van der Waals surface area contributed by atoms with Crippen molar-refractivity contribution in [2.75, 3.05) is 0 Å². The third-order valence-corrected chi connectivity index (χ3v) is 0.564. The second-order valence-corrected chi connectivity index (χ2v) is 1.64. The molecule has 0 saturated heterocycles. The van der Waals surface area contributed by atoms with E-state index in [1.807, 2.05) is 0 Å². The highest BCUT2D eigenvalue weighted by molar-refractivity contribution is 8.25. The average molecular weight is 121 g/mol. The molecule has 0 radical (unpaired) electrons. The maximum absolute atomic E-state index is 9.61. The van der Waals surface area contributed by atoms with Gasteiger partial charge in [0.2, 0.25) is 0 Å². The third-order valence-electron chi connectivity index (χ3n) is 0.188. The van der Waals surface area contributed by atoms with E-state index in [0.29, 0.717) is 0 Å². The van der Waals surface area contributed by atoms with Crippen LogP contribution in [0.4, 0.5) is 9.59 Å². The van der Waals surface area contributed by atoms with Crippen molar-refractivity contribution in [2.24, 2.45) is 5.73 Å². The van der Waals surface area contributed by atoms with Gasteiger partial charge in [-0.25, -0.2) is 4.79 Å². The number of thioether (sulfide) groups is 1. The fraction of sp³-hybridized carbons (Fsp3) is 0. The van der Waals surface area contributed by atoms with Crippen molar-refractivity contribution in [3.8, 4) is 0 Å². The summed E-state index contributed by atoms with van der Waals surface area (Å²) >= 11 is 0.0648. The third kappa shape index (κ3) is 5.29. The van der Waals surface area contributed by atoms with E-state index in [-0.39, 0.29) is 11.8 Å². The molecule has 40 valence electrons. The molecule has 1 amide bonds. The van der Waals surface area contributed by atoms with E-state index in [1.165, 1.54) is 0 Å². The number of amides is 1. The van der Waals surface area contributed by atoms with Crippen molar-refractivity contribution in [1.29, 1.82) is 0 Å². The van der Waals surface area contributed by atoms with Gasteiger partial charge in [-0.3, -0.25) is 4.79 Å². The summed E-state index contributed by atoms with van der Waals surface area (Å²) in [5, 5.41) is 5.58. The van der Waals surface area contributed by atoms with Gasteiger partial charge in [0.05, 0.1) is 11.8 Å². The van der Waals surface area contributed by atoms with E-state index in [4.69, 9.17) is 5.11 Å². The summed E-state index contributed by atoms with van der Waals surface area (Å²) in [7, 11) is 0. The Hall–Kier alpha value is -0.710. The molecule has 0 aliphatic rings. The second-order valence-electron chi connectivity index (χ2n) is 0.687. The first kappa shape index (κ1) is 6.29. The van der Waals surface area contributed by atoms with Gasteiger partial charge in [-0.1, -0.05) is 0 Å². The van der Waals surface area contributed by atoms with E-state index < -0.39 is 10.5 Å². The Morgan fingerprint density at radius 2 is 2.00 bits per heavy atom. The van der Waals surface area contributed by atoms with Crippen LogP contribution in [-0.4, -0.2) is 15.6 Å². The Labute approximate surface area is 43.7 Å². The topological polar surface area (TPSA) is 80.4 Å². The molecule has 0 atom stereocenters. The highest BCUT2D eigenvalue weighted by atomic mass is 32.2. The van der Waals surface area contributed by atoms with Gasteiger partial charge >= 0.3 is 5.30 Å². The monoisotopic (exact) mass is 121 g/mol. The van der Waals surface area contributed by atoms with E-state index in [2.05, 4.69) is 5.73 Å². The summed E-state index contributed by atoms with van der Waals surface area (Å²) in [6.07, 6.45) is 0. The molecule has 0 spiro atoms. The molecule has 0 aliphatic heterocycles. The highest BCUT2D eigenvalue weighted by Crippen LogP contribution is 1.97. The van der Waals surface area contributed by atoms with Gasteiger partial charge in [0, 0.05) is 0 Å². The number of hydrogen-bond donors (Lipinski definition) is 2. The molecule has 0 aliphatic carbocycles. The lowest BCUT2D eigenvalue weighted by molar-refractivity contribution is 0.222. The van der Waals surface area contributed by atoms with Crippen molar-refractivity contribution in [3.63, 3.8) is 0 Å². The Balaban J connectivity index is 3.32. The highest BCUT2D eigenvalue weighted by Gasteiger charge is 2.00. The lowest BCUT2D eigenvalue weighted by atomic mass is 11.4. The largest absolute Gasteiger partial charge is 0.473 e. The number of primary amides is 1. The Bertz CT molecular complexity index is 89.1. The fourth-order valence-electron chi connectivity index (χ4n) is 0.0861. The summed E-state index contributed by atoms with van der Waals surface area (Å²) < 4.78 is 0. The summed E-state index contributed by atoms with van der Waals surface area (Å²) in [5.74, 6) is 0. The number of nitrogens with two attached hydrogens (primary N) is 1. The molecule has 0 rings (SSSR count). The number of rotatable bonds is 0. The zero-order valence-electron chi connectivity index (χ0n) is 3.25. The van der Waals surface area contributed by atoms with Crippen molar-refractivity contribution in [2.45, 2.75) is 0 Å². The molecule has 0 aromatic rings. The van der Waals surface area contributed by atoms with Crippen LogP contribution in [-0.2, 0) is 0 Å². The first-order chi connectivity index (χ1) is 3.13. The minimum absolute atomic E-state index is 0.0648. The van der Waals surface area contributed by atoms with E-state index >= 15 is 0 Å². The molecule has 0 unspecified atom stereocenters. The van der Waals surface area contributed by atoms with Crippen molar-refractivity contribution in [3.05, 3.63) is 0 Å². The molecule has 5 heteroatoms. The molecule has 7 heavy (non-hydrogen) atoms. The van der Waals surface area contributed by atoms with Crippen LogP contribution in [0, 0.1) is 0 Å². The lowest BCUT2D eigenvalue weighted by Crippen LogP contribution is -2.04. The van der Waals surface area contributed by atoms with Crippen LogP contribution < -0.4 is 5.73 Å². The van der Waals surface area contributed by atoms with Crippen LogP contribution in [0.25, 0.3) is 0 Å². The van der Waals surface area contributed by atoms with Crippen LogP contribution in [0.15, 0.2) is 0 Å². The minimum atomic E-state index is -1.27. The van der Waals surface area contributed by atoms with E-state index in [0.717, 1.165) is 0 Å². The smallest absolute Gasteiger partial charge is 0.374 e. The molecule has 0 heterocycles. The normalized spacial score (nSPS) is 8.00. The zero-order valence-corrected chi connectivity index (χ0v) is 4.07. The molecule has 0 fully saturated rings. The minimum Gasteiger partial charge on any atom is -0.473 e. The van der Waals surface area contributed by atoms with Crippen LogP contribution >= 0.6 is 11.8 Å². The van der Waals surface area contributed by atoms with Gasteiger partial charge in [0.25, 0.3) is 5.24 Å². The van der Waals surface area contributed by atoms with E-state index in [9.17, 15) is 9.59 Å². The molecule has 3 N–H and O–H groups in total. The van der Waals surface area contributed by atoms with Crippen molar-refractivity contribution < 1.29 is 14.7 Å². The summed E-state index contributed by atoms with van der Waals surface area (Å²) in [6, 6.07) is 0. The Kier molecular flexibility index (Phi) is 2.21. The summed E-state index contributed by atoms with van der Waals surface area (Å²) in [6.45, 7) is 0. The molecular weight excluding hydrogens is 118 g/mol. The lowest BCUT2D eigenvalue weighted by Gasteiger charge is -1.80. The van der Waals surface area contributed by atoms with Crippen molar-refractivity contribution in [1.82, 2.24) is 0 Å². The van der Waals surface area contributed by atoms with Crippen LogP contribution in [0.2, 0.25) is 0 Å². The fourth-order valence-corrected chi connectivity index (χ4v) is 0.258. The van der Waals surface area contributed by atoms with Crippen LogP contribution in [0.3, 0.4) is 0 Å². The summed E-state index contributed by atoms with van der Waals surface area (Å²) in [4.78, 5) is 19.1. The zero-order chi connectivity index (χ0) is 5.86. The van der Waals surface area contributed by atoms with Gasteiger partial charge in [-0.2, -0.15) is 0 Å². The molecule has 0 aromatic heterocycles. The molecule has 0 bridgehead atoms. The maximum Gasteiger partial charge on any atom is 0.374 e. The maximum atomic E-state index is 9.61. The number of carbonyl (C=O) groups is 2. The van der Waals surface area contributed by atoms with Crippen molar-refractivity contribution >= 4 is 22.3 Å². The van der Waals surface area contributed by atoms with Gasteiger partial charge in [-0.15, -0.1) is 0 Å².